The zero-order chi connectivity index (χ0) is 19.5. The highest BCUT2D eigenvalue weighted by Gasteiger charge is 2.25. The van der Waals surface area contributed by atoms with E-state index in [1.54, 1.807) is 12.1 Å². The first-order valence-electron chi connectivity index (χ1n) is 8.76. The zero-order valence-electron chi connectivity index (χ0n) is 16.2. The van der Waals surface area contributed by atoms with Crippen molar-refractivity contribution in [3.05, 3.63) is 18.2 Å². The summed E-state index contributed by atoms with van der Waals surface area (Å²) in [6, 6.07) is 4.64. The molecule has 0 bridgehead atoms. The number of benzene rings is 1. The average Bonchev–Trinajstić information content (AvgIpc) is 2.53. The number of likely N-dealkylation sites (tertiary alicyclic amines) is 1. The van der Waals surface area contributed by atoms with Crippen LogP contribution < -0.4 is 10.1 Å². The van der Waals surface area contributed by atoms with Crippen LogP contribution in [0.25, 0.3) is 0 Å². The second kappa shape index (κ2) is 8.37. The fourth-order valence-corrected chi connectivity index (χ4v) is 4.55. The minimum absolute atomic E-state index is 0.0306. The van der Waals surface area contributed by atoms with Crippen molar-refractivity contribution in [2.75, 3.05) is 46.2 Å². The van der Waals surface area contributed by atoms with E-state index >= 15 is 0 Å². The molecule has 1 fully saturated rings. The number of piperidine rings is 1. The number of nitrogens with zero attached hydrogens (tertiary/aromatic N) is 2. The van der Waals surface area contributed by atoms with Gasteiger partial charge in [-0.3, -0.25) is 9.69 Å². The fraction of sp³-hybridized carbons (Fsp3) is 0.611. The summed E-state index contributed by atoms with van der Waals surface area (Å²) < 4.78 is 31.2. The smallest absolute Gasteiger partial charge is 0.246 e. The summed E-state index contributed by atoms with van der Waals surface area (Å²) in [6.45, 7) is 6.50. The molecular weight excluding hydrogens is 354 g/mol. The van der Waals surface area contributed by atoms with Crippen molar-refractivity contribution >= 4 is 21.6 Å². The monoisotopic (exact) mass is 383 g/mol. The Hall–Kier alpha value is -1.64. The minimum atomic E-state index is -3.67. The number of anilines is 1. The van der Waals surface area contributed by atoms with Crippen molar-refractivity contribution in [1.82, 2.24) is 9.21 Å². The van der Waals surface area contributed by atoms with Gasteiger partial charge < -0.3 is 10.1 Å². The molecule has 0 unspecified atom stereocenters. The van der Waals surface area contributed by atoms with Gasteiger partial charge in [0.25, 0.3) is 0 Å². The first-order valence-corrected chi connectivity index (χ1v) is 10.2. The van der Waals surface area contributed by atoms with E-state index in [-0.39, 0.29) is 16.6 Å². The quantitative estimate of drug-likeness (QED) is 0.811. The number of rotatable bonds is 6. The molecule has 0 aliphatic carbocycles. The maximum Gasteiger partial charge on any atom is 0.246 e. The van der Waals surface area contributed by atoms with E-state index in [0.717, 1.165) is 17.4 Å². The Morgan fingerprint density at radius 2 is 1.88 bits per heavy atom. The standard InChI is InChI=1S/C18H29N3O4S/c1-13-8-14(2)11-21(10-13)12-18(22)19-15-6-7-16(25-5)17(9-15)26(23,24)20(3)4/h6-7,9,13-14H,8,10-12H2,1-5H3,(H,19,22)/t13-,14-/m1/s1. The van der Waals surface area contributed by atoms with E-state index in [9.17, 15) is 13.2 Å². The van der Waals surface area contributed by atoms with Gasteiger partial charge in [0.05, 0.1) is 13.7 Å². The maximum absolute atomic E-state index is 12.5. The zero-order valence-corrected chi connectivity index (χ0v) is 17.0. The highest BCUT2D eigenvalue weighted by atomic mass is 32.2. The van der Waals surface area contributed by atoms with Crippen LogP contribution in [0.5, 0.6) is 5.75 Å². The van der Waals surface area contributed by atoms with Crippen LogP contribution in [-0.4, -0.2) is 64.4 Å². The largest absolute Gasteiger partial charge is 0.495 e. The molecule has 0 aromatic heterocycles. The van der Waals surface area contributed by atoms with Crippen molar-refractivity contribution in [1.29, 1.82) is 0 Å². The molecule has 0 radical (unpaired) electrons. The number of amides is 1. The third-order valence-electron chi connectivity index (χ3n) is 4.52. The van der Waals surface area contributed by atoms with Crippen LogP contribution in [0.15, 0.2) is 23.1 Å². The predicted octanol–water partition coefficient (Wildman–Crippen LogP) is 1.86. The van der Waals surface area contributed by atoms with E-state index in [2.05, 4.69) is 24.1 Å². The van der Waals surface area contributed by atoms with Crippen LogP contribution >= 0.6 is 0 Å². The number of hydrogen-bond donors (Lipinski definition) is 1. The summed E-state index contributed by atoms with van der Waals surface area (Å²) in [5.41, 5.74) is 0.439. The Morgan fingerprint density at radius 1 is 1.27 bits per heavy atom. The van der Waals surface area contributed by atoms with E-state index in [4.69, 9.17) is 4.74 Å². The Labute approximate surface area is 156 Å². The van der Waals surface area contributed by atoms with Crippen LogP contribution in [0.2, 0.25) is 0 Å². The van der Waals surface area contributed by atoms with Gasteiger partial charge in [0.15, 0.2) is 0 Å². The second-order valence-electron chi connectivity index (χ2n) is 7.34. The van der Waals surface area contributed by atoms with Crippen LogP contribution in [0.1, 0.15) is 20.3 Å². The van der Waals surface area contributed by atoms with Gasteiger partial charge in [-0.2, -0.15) is 0 Å². The molecule has 7 nitrogen and oxygen atoms in total. The van der Waals surface area contributed by atoms with Gasteiger partial charge in [-0.25, -0.2) is 12.7 Å². The van der Waals surface area contributed by atoms with Gasteiger partial charge in [-0.15, -0.1) is 0 Å². The molecule has 146 valence electrons. The summed E-state index contributed by atoms with van der Waals surface area (Å²) >= 11 is 0. The van der Waals surface area contributed by atoms with Crippen LogP contribution in [-0.2, 0) is 14.8 Å². The first-order chi connectivity index (χ1) is 12.1. The number of carbonyl (C=O) groups excluding carboxylic acids is 1. The second-order valence-corrected chi connectivity index (χ2v) is 9.46. The lowest BCUT2D eigenvalue weighted by Crippen LogP contribution is -2.42. The average molecular weight is 384 g/mol. The van der Waals surface area contributed by atoms with E-state index in [1.165, 1.54) is 33.7 Å². The summed E-state index contributed by atoms with van der Waals surface area (Å²) in [7, 11) is 0.659. The Balaban J connectivity index is 2.13. The molecule has 2 rings (SSSR count). The lowest BCUT2D eigenvalue weighted by atomic mass is 9.92. The molecule has 1 aliphatic rings. The number of sulfonamides is 1. The Morgan fingerprint density at radius 3 is 2.42 bits per heavy atom. The Kier molecular flexibility index (Phi) is 6.65. The molecule has 26 heavy (non-hydrogen) atoms. The van der Waals surface area contributed by atoms with Gasteiger partial charge in [0.1, 0.15) is 10.6 Å². The normalized spacial score (nSPS) is 21.6. The molecule has 1 aliphatic heterocycles. The molecule has 1 aromatic carbocycles. The summed E-state index contributed by atoms with van der Waals surface area (Å²) in [5.74, 6) is 1.24. The summed E-state index contributed by atoms with van der Waals surface area (Å²) in [5, 5.41) is 2.80. The SMILES string of the molecule is COc1ccc(NC(=O)CN2C[C@H](C)C[C@@H](C)C2)cc1S(=O)(=O)N(C)C. The number of ether oxygens (including phenoxy) is 1. The predicted molar refractivity (Wildman–Crippen MR) is 102 cm³/mol. The molecule has 1 saturated heterocycles. The van der Waals surface area contributed by atoms with Gasteiger partial charge in [-0.1, -0.05) is 13.8 Å². The molecule has 2 atom stereocenters. The van der Waals surface area contributed by atoms with Crippen molar-refractivity contribution in [3.8, 4) is 5.75 Å². The Bertz CT molecular complexity index is 739. The first kappa shape index (κ1) is 20.7. The minimum Gasteiger partial charge on any atom is -0.495 e. The molecule has 8 heteroatoms. The van der Waals surface area contributed by atoms with Gasteiger partial charge >= 0.3 is 0 Å². The molecule has 1 amide bonds. The lowest BCUT2D eigenvalue weighted by molar-refractivity contribution is -0.117. The molecule has 0 saturated carbocycles. The van der Waals surface area contributed by atoms with Crippen LogP contribution in [0.3, 0.4) is 0 Å². The third kappa shape index (κ3) is 4.96. The fourth-order valence-electron chi connectivity index (χ4n) is 3.48. The highest BCUT2D eigenvalue weighted by Crippen LogP contribution is 2.29. The van der Waals surface area contributed by atoms with Crippen molar-refractivity contribution in [3.63, 3.8) is 0 Å². The molecule has 1 aromatic rings. The van der Waals surface area contributed by atoms with E-state index in [0.29, 0.717) is 24.1 Å². The molecule has 1 heterocycles. The van der Waals surface area contributed by atoms with Crippen molar-refractivity contribution < 1.29 is 17.9 Å². The lowest BCUT2D eigenvalue weighted by Gasteiger charge is -2.34. The maximum atomic E-state index is 12.5. The van der Waals surface area contributed by atoms with Gasteiger partial charge in [0.2, 0.25) is 15.9 Å². The van der Waals surface area contributed by atoms with Gasteiger partial charge in [-0.05, 0) is 36.5 Å². The van der Waals surface area contributed by atoms with E-state index in [1.807, 2.05) is 0 Å². The molecule has 1 N–H and O–H groups in total. The number of carbonyl (C=O) groups is 1. The number of methoxy groups -OCH3 is 1. The van der Waals surface area contributed by atoms with E-state index < -0.39 is 10.0 Å². The highest BCUT2D eigenvalue weighted by molar-refractivity contribution is 7.89. The summed E-state index contributed by atoms with van der Waals surface area (Å²) in [6.07, 6.45) is 1.18. The van der Waals surface area contributed by atoms with Crippen LogP contribution in [0, 0.1) is 11.8 Å². The topological polar surface area (TPSA) is 79.0 Å². The van der Waals surface area contributed by atoms with Crippen molar-refractivity contribution in [2.24, 2.45) is 11.8 Å². The van der Waals surface area contributed by atoms with Crippen molar-refractivity contribution in [2.45, 2.75) is 25.2 Å². The number of hydrogen-bond acceptors (Lipinski definition) is 5. The van der Waals surface area contributed by atoms with Crippen LogP contribution in [0.4, 0.5) is 5.69 Å². The van der Waals surface area contributed by atoms with Gasteiger partial charge in [0, 0.05) is 32.9 Å². The third-order valence-corrected chi connectivity index (χ3v) is 6.35. The summed E-state index contributed by atoms with van der Waals surface area (Å²) in [4.78, 5) is 14.6. The molecular formula is C18H29N3O4S. The molecule has 0 spiro atoms. The number of nitrogens with one attached hydrogen (secondary N) is 1.